The second-order valence-corrected chi connectivity index (χ2v) is 6.17. The fourth-order valence-corrected chi connectivity index (χ4v) is 3.25. The van der Waals surface area contributed by atoms with Gasteiger partial charge >= 0.3 is 6.09 Å². The minimum Gasteiger partial charge on any atom is -0.465 e. The van der Waals surface area contributed by atoms with Crippen LogP contribution in [0.15, 0.2) is 35.1 Å². The standard InChI is InChI=1S/C17H20FN3O3/c18-14-3-1-13-2-4-16(22)21(15(13)9-14)8-7-20-6-5-12(11-20)10-19-17(23)24/h1-4,9,12,19H,5-8,10-11H2,(H,23,24)/t12-/m0/s1. The maximum Gasteiger partial charge on any atom is 0.404 e. The van der Waals surface area contributed by atoms with Crippen molar-refractivity contribution < 1.29 is 14.3 Å². The molecule has 0 bridgehead atoms. The van der Waals surface area contributed by atoms with E-state index in [0.717, 1.165) is 24.9 Å². The van der Waals surface area contributed by atoms with Crippen LogP contribution < -0.4 is 10.9 Å². The first-order chi connectivity index (χ1) is 11.5. The second-order valence-electron chi connectivity index (χ2n) is 6.17. The van der Waals surface area contributed by atoms with Crippen LogP contribution in [0.1, 0.15) is 6.42 Å². The van der Waals surface area contributed by atoms with Crippen molar-refractivity contribution in [3.8, 4) is 0 Å². The minimum absolute atomic E-state index is 0.142. The number of pyridine rings is 1. The van der Waals surface area contributed by atoms with Crippen molar-refractivity contribution in [3.63, 3.8) is 0 Å². The maximum absolute atomic E-state index is 13.5. The minimum atomic E-state index is -1.00. The molecule has 1 aromatic heterocycles. The van der Waals surface area contributed by atoms with Gasteiger partial charge in [0.2, 0.25) is 0 Å². The van der Waals surface area contributed by atoms with Crippen LogP contribution in [0.4, 0.5) is 9.18 Å². The van der Waals surface area contributed by atoms with Crippen molar-refractivity contribution in [2.45, 2.75) is 13.0 Å². The molecule has 2 aromatic rings. The molecule has 2 heterocycles. The van der Waals surface area contributed by atoms with E-state index in [1.54, 1.807) is 16.7 Å². The molecule has 3 rings (SSSR count). The number of nitrogens with zero attached hydrogens (tertiary/aromatic N) is 2. The SMILES string of the molecule is O=C(O)NC[C@@H]1CCN(CCn2c(=O)ccc3ccc(F)cc32)C1. The number of nitrogens with one attached hydrogen (secondary N) is 1. The molecule has 128 valence electrons. The van der Waals surface area contributed by atoms with Gasteiger partial charge in [0.15, 0.2) is 0 Å². The van der Waals surface area contributed by atoms with Gasteiger partial charge in [0.1, 0.15) is 5.82 Å². The first kappa shape index (κ1) is 16.4. The van der Waals surface area contributed by atoms with Crippen molar-refractivity contribution in [1.29, 1.82) is 0 Å². The predicted octanol–water partition coefficient (Wildman–Crippen LogP) is 1.73. The van der Waals surface area contributed by atoms with Crippen LogP contribution in [-0.4, -0.2) is 46.8 Å². The smallest absolute Gasteiger partial charge is 0.404 e. The molecule has 6 nitrogen and oxygen atoms in total. The van der Waals surface area contributed by atoms with Gasteiger partial charge in [-0.2, -0.15) is 0 Å². The topological polar surface area (TPSA) is 74.6 Å². The summed E-state index contributed by atoms with van der Waals surface area (Å²) in [5, 5.41) is 11.9. The summed E-state index contributed by atoms with van der Waals surface area (Å²) in [6.45, 7) is 3.29. The number of carbonyl (C=O) groups is 1. The summed E-state index contributed by atoms with van der Waals surface area (Å²) in [6.07, 6.45) is -0.0721. The average molecular weight is 333 g/mol. The third kappa shape index (κ3) is 3.73. The van der Waals surface area contributed by atoms with Gasteiger partial charge in [0, 0.05) is 32.2 Å². The molecule has 0 radical (unpaired) electrons. The number of carboxylic acid groups (broad SMARTS) is 1. The first-order valence-electron chi connectivity index (χ1n) is 8.01. The van der Waals surface area contributed by atoms with Crippen LogP contribution >= 0.6 is 0 Å². The monoisotopic (exact) mass is 333 g/mol. The van der Waals surface area contributed by atoms with Gasteiger partial charge < -0.3 is 19.9 Å². The van der Waals surface area contributed by atoms with E-state index in [4.69, 9.17) is 5.11 Å². The number of amides is 1. The Hall–Kier alpha value is -2.41. The number of fused-ring (bicyclic) bond motifs is 1. The van der Waals surface area contributed by atoms with E-state index in [-0.39, 0.29) is 11.4 Å². The molecule has 2 N–H and O–H groups in total. The van der Waals surface area contributed by atoms with E-state index in [0.29, 0.717) is 31.1 Å². The Labute approximate surface area is 138 Å². The fourth-order valence-electron chi connectivity index (χ4n) is 3.25. The highest BCUT2D eigenvalue weighted by molar-refractivity contribution is 5.78. The zero-order valence-corrected chi connectivity index (χ0v) is 13.2. The Kier molecular flexibility index (Phi) is 4.80. The molecule has 1 fully saturated rings. The van der Waals surface area contributed by atoms with E-state index in [2.05, 4.69) is 10.2 Å². The summed E-state index contributed by atoms with van der Waals surface area (Å²) in [6, 6.07) is 7.66. The van der Waals surface area contributed by atoms with Crippen LogP contribution in [0.2, 0.25) is 0 Å². The van der Waals surface area contributed by atoms with Gasteiger partial charge in [0.05, 0.1) is 5.52 Å². The van der Waals surface area contributed by atoms with E-state index in [1.165, 1.54) is 18.2 Å². The van der Waals surface area contributed by atoms with Crippen molar-refractivity contribution in [3.05, 3.63) is 46.5 Å². The van der Waals surface area contributed by atoms with Gasteiger partial charge in [-0.3, -0.25) is 4.79 Å². The lowest BCUT2D eigenvalue weighted by atomic mass is 10.1. The zero-order valence-electron chi connectivity index (χ0n) is 13.2. The highest BCUT2D eigenvalue weighted by Gasteiger charge is 2.22. The highest BCUT2D eigenvalue weighted by atomic mass is 19.1. The Morgan fingerprint density at radius 1 is 1.29 bits per heavy atom. The van der Waals surface area contributed by atoms with E-state index in [9.17, 15) is 14.0 Å². The normalized spacial score (nSPS) is 18.1. The molecular weight excluding hydrogens is 313 g/mol. The van der Waals surface area contributed by atoms with Crippen molar-refractivity contribution in [2.24, 2.45) is 5.92 Å². The van der Waals surface area contributed by atoms with Crippen LogP contribution in [0, 0.1) is 11.7 Å². The first-order valence-corrected chi connectivity index (χ1v) is 8.01. The summed E-state index contributed by atoms with van der Waals surface area (Å²) in [5.74, 6) is -0.0642. The Morgan fingerprint density at radius 3 is 2.88 bits per heavy atom. The summed E-state index contributed by atoms with van der Waals surface area (Å²) < 4.78 is 15.1. The highest BCUT2D eigenvalue weighted by Crippen LogP contribution is 2.17. The number of likely N-dealkylation sites (tertiary alicyclic amines) is 1. The van der Waals surface area contributed by atoms with E-state index in [1.807, 2.05) is 0 Å². The van der Waals surface area contributed by atoms with Crippen molar-refractivity contribution in [1.82, 2.24) is 14.8 Å². The molecular formula is C17H20FN3O3. The fraction of sp³-hybridized carbons (Fsp3) is 0.412. The molecule has 0 saturated carbocycles. The van der Waals surface area contributed by atoms with Crippen LogP contribution in [0.3, 0.4) is 0 Å². The molecule has 24 heavy (non-hydrogen) atoms. The molecule has 1 aromatic carbocycles. The van der Waals surface area contributed by atoms with E-state index >= 15 is 0 Å². The predicted molar refractivity (Wildman–Crippen MR) is 88.7 cm³/mol. The van der Waals surface area contributed by atoms with Crippen LogP contribution in [0.25, 0.3) is 10.9 Å². The lowest BCUT2D eigenvalue weighted by molar-refractivity contribution is 0.192. The summed E-state index contributed by atoms with van der Waals surface area (Å²) >= 11 is 0. The number of rotatable bonds is 5. The van der Waals surface area contributed by atoms with Crippen LogP contribution in [0.5, 0.6) is 0 Å². The van der Waals surface area contributed by atoms with Crippen LogP contribution in [-0.2, 0) is 6.54 Å². The summed E-state index contributed by atoms with van der Waals surface area (Å²) in [7, 11) is 0. The number of hydrogen-bond donors (Lipinski definition) is 2. The Morgan fingerprint density at radius 2 is 2.08 bits per heavy atom. The lowest BCUT2D eigenvalue weighted by Gasteiger charge is -2.18. The largest absolute Gasteiger partial charge is 0.465 e. The zero-order chi connectivity index (χ0) is 17.1. The van der Waals surface area contributed by atoms with E-state index < -0.39 is 6.09 Å². The number of halogens is 1. The molecule has 1 amide bonds. The van der Waals surface area contributed by atoms with Gasteiger partial charge in [-0.1, -0.05) is 0 Å². The molecule has 1 saturated heterocycles. The lowest BCUT2D eigenvalue weighted by Crippen LogP contribution is -2.32. The Bertz CT molecular complexity index is 805. The molecule has 0 unspecified atom stereocenters. The summed E-state index contributed by atoms with van der Waals surface area (Å²) in [4.78, 5) is 24.9. The molecule has 1 aliphatic heterocycles. The molecule has 7 heteroatoms. The Balaban J connectivity index is 1.66. The molecule has 1 aliphatic rings. The second kappa shape index (κ2) is 7.00. The third-order valence-electron chi connectivity index (χ3n) is 4.51. The number of aromatic nitrogens is 1. The number of hydrogen-bond acceptors (Lipinski definition) is 3. The van der Waals surface area contributed by atoms with Crippen molar-refractivity contribution >= 4 is 17.0 Å². The third-order valence-corrected chi connectivity index (χ3v) is 4.51. The van der Waals surface area contributed by atoms with Gasteiger partial charge in [0.25, 0.3) is 5.56 Å². The van der Waals surface area contributed by atoms with Crippen molar-refractivity contribution in [2.75, 3.05) is 26.2 Å². The number of benzene rings is 1. The molecule has 1 atom stereocenters. The maximum atomic E-state index is 13.5. The van der Waals surface area contributed by atoms with Gasteiger partial charge in [-0.05, 0) is 48.5 Å². The molecule has 0 spiro atoms. The average Bonchev–Trinajstić information content (AvgIpc) is 3.00. The van der Waals surface area contributed by atoms with Gasteiger partial charge in [-0.15, -0.1) is 0 Å². The summed E-state index contributed by atoms with van der Waals surface area (Å²) in [5.41, 5.74) is 0.460. The molecule has 0 aliphatic carbocycles. The van der Waals surface area contributed by atoms with Gasteiger partial charge in [-0.25, -0.2) is 9.18 Å². The quantitative estimate of drug-likeness (QED) is 0.874.